The Kier molecular flexibility index (Phi) is 6.31. The molecule has 0 aliphatic heterocycles. The van der Waals surface area contributed by atoms with Crippen molar-refractivity contribution in [2.45, 2.75) is 25.8 Å². The monoisotopic (exact) mass is 426 g/mol. The van der Waals surface area contributed by atoms with Crippen molar-refractivity contribution >= 4 is 28.4 Å². The number of carbonyl (C=O) groups is 2. The molecule has 0 bridgehead atoms. The Bertz CT molecular complexity index is 1220. The summed E-state index contributed by atoms with van der Waals surface area (Å²) in [7, 11) is 1.70. The Hall–Kier alpha value is -3.93. The van der Waals surface area contributed by atoms with Crippen LogP contribution in [-0.2, 0) is 22.4 Å². The molecule has 0 saturated heterocycles. The number of aromatic amines is 1. The highest BCUT2D eigenvalue weighted by atomic mass is 16.2. The number of anilines is 1. The van der Waals surface area contributed by atoms with E-state index >= 15 is 0 Å². The van der Waals surface area contributed by atoms with E-state index < -0.39 is 6.04 Å². The smallest absolute Gasteiger partial charge is 0.249 e. The highest BCUT2D eigenvalue weighted by Crippen LogP contribution is 2.22. The molecule has 32 heavy (non-hydrogen) atoms. The number of rotatable bonds is 7. The third kappa shape index (κ3) is 4.70. The number of pyridine rings is 1. The fraction of sp³-hybridized carbons (Fsp3) is 0.192. The minimum absolute atomic E-state index is 0.188. The standard InChI is InChI=1S/C26H26N4O2/c1-18-22(21-12-6-7-13-23(21)28-18)16-25(31)29-24(15-19-9-4-3-5-10-19)26(32)30(2)20-11-8-14-27-17-20/h3-14,17,24,28H,15-16H2,1-2H3,(H,29,31)/t24-/m0/s1. The van der Waals surface area contributed by atoms with Gasteiger partial charge in [-0.05, 0) is 36.2 Å². The van der Waals surface area contributed by atoms with Crippen LogP contribution in [0.5, 0.6) is 0 Å². The molecular weight excluding hydrogens is 400 g/mol. The molecule has 2 amide bonds. The molecule has 0 saturated carbocycles. The van der Waals surface area contributed by atoms with Gasteiger partial charge in [-0.3, -0.25) is 14.6 Å². The van der Waals surface area contributed by atoms with Gasteiger partial charge < -0.3 is 15.2 Å². The van der Waals surface area contributed by atoms with E-state index in [0.29, 0.717) is 12.1 Å². The number of nitrogens with one attached hydrogen (secondary N) is 2. The summed E-state index contributed by atoms with van der Waals surface area (Å²) in [6.07, 6.45) is 3.90. The van der Waals surface area contributed by atoms with Crippen LogP contribution in [-0.4, -0.2) is 34.9 Å². The Morgan fingerprint density at radius 1 is 1.03 bits per heavy atom. The van der Waals surface area contributed by atoms with Crippen molar-refractivity contribution in [1.82, 2.24) is 15.3 Å². The van der Waals surface area contributed by atoms with Crippen LogP contribution in [0.25, 0.3) is 10.9 Å². The van der Waals surface area contributed by atoms with Crippen LogP contribution in [0.2, 0.25) is 0 Å². The predicted molar refractivity (Wildman–Crippen MR) is 126 cm³/mol. The zero-order valence-electron chi connectivity index (χ0n) is 18.2. The Morgan fingerprint density at radius 3 is 2.53 bits per heavy atom. The SMILES string of the molecule is Cc1[nH]c2ccccc2c1CC(=O)N[C@@H](Cc1ccccc1)C(=O)N(C)c1cccnc1. The number of carbonyl (C=O) groups excluding carboxylic acids is 2. The highest BCUT2D eigenvalue weighted by Gasteiger charge is 2.26. The molecule has 0 unspecified atom stereocenters. The Balaban J connectivity index is 1.56. The number of amides is 2. The predicted octanol–water partition coefficient (Wildman–Crippen LogP) is 3.80. The minimum atomic E-state index is -0.694. The molecule has 1 atom stereocenters. The number of nitrogens with zero attached hydrogens (tertiary/aromatic N) is 2. The average Bonchev–Trinajstić information content (AvgIpc) is 3.13. The van der Waals surface area contributed by atoms with Crippen LogP contribution in [0.3, 0.4) is 0 Å². The van der Waals surface area contributed by atoms with Gasteiger partial charge in [0.25, 0.3) is 0 Å². The van der Waals surface area contributed by atoms with E-state index in [1.54, 1.807) is 25.5 Å². The lowest BCUT2D eigenvalue weighted by Gasteiger charge is -2.25. The quantitative estimate of drug-likeness (QED) is 0.472. The molecule has 0 spiro atoms. The van der Waals surface area contributed by atoms with Crippen LogP contribution in [0.1, 0.15) is 16.8 Å². The molecule has 2 aromatic heterocycles. The lowest BCUT2D eigenvalue weighted by atomic mass is 10.0. The summed E-state index contributed by atoms with van der Waals surface area (Å²) in [4.78, 5) is 35.4. The van der Waals surface area contributed by atoms with Crippen LogP contribution < -0.4 is 10.2 Å². The van der Waals surface area contributed by atoms with Crippen LogP contribution in [0, 0.1) is 6.92 Å². The maximum atomic E-state index is 13.3. The number of hydrogen-bond donors (Lipinski definition) is 2. The van der Waals surface area contributed by atoms with Gasteiger partial charge in [-0.2, -0.15) is 0 Å². The number of aryl methyl sites for hydroxylation is 1. The summed E-state index contributed by atoms with van der Waals surface area (Å²) in [5, 5.41) is 4.01. The van der Waals surface area contributed by atoms with Crippen LogP contribution in [0.15, 0.2) is 79.1 Å². The number of hydrogen-bond acceptors (Lipinski definition) is 3. The molecule has 0 radical (unpaired) electrons. The lowest BCUT2D eigenvalue weighted by molar-refractivity contribution is -0.127. The number of likely N-dealkylation sites (N-methyl/N-ethyl adjacent to an activating group) is 1. The van der Waals surface area contributed by atoms with E-state index in [4.69, 9.17) is 0 Å². The number of fused-ring (bicyclic) bond motifs is 1. The van der Waals surface area contributed by atoms with Gasteiger partial charge >= 0.3 is 0 Å². The van der Waals surface area contributed by atoms with Crippen molar-refractivity contribution in [2.24, 2.45) is 0 Å². The molecule has 2 N–H and O–H groups in total. The van der Waals surface area contributed by atoms with E-state index in [-0.39, 0.29) is 18.2 Å². The molecule has 2 heterocycles. The van der Waals surface area contributed by atoms with E-state index in [0.717, 1.165) is 27.7 Å². The normalized spacial score (nSPS) is 11.8. The van der Waals surface area contributed by atoms with Gasteiger partial charge in [-0.1, -0.05) is 48.5 Å². The second-order valence-corrected chi connectivity index (χ2v) is 7.87. The van der Waals surface area contributed by atoms with Gasteiger partial charge in [-0.25, -0.2) is 0 Å². The molecule has 2 aromatic carbocycles. The molecule has 162 valence electrons. The fourth-order valence-corrected chi connectivity index (χ4v) is 3.93. The van der Waals surface area contributed by atoms with E-state index in [1.807, 2.05) is 67.6 Å². The summed E-state index contributed by atoms with van der Waals surface area (Å²) in [6, 6.07) is 20.5. The topological polar surface area (TPSA) is 78.1 Å². The third-order valence-corrected chi connectivity index (χ3v) is 5.64. The van der Waals surface area contributed by atoms with Crippen molar-refractivity contribution < 1.29 is 9.59 Å². The van der Waals surface area contributed by atoms with Crippen molar-refractivity contribution in [3.8, 4) is 0 Å². The molecular formula is C26H26N4O2. The number of aromatic nitrogens is 2. The van der Waals surface area contributed by atoms with Gasteiger partial charge in [0.2, 0.25) is 11.8 Å². The van der Waals surface area contributed by atoms with Crippen molar-refractivity contribution in [2.75, 3.05) is 11.9 Å². The van der Waals surface area contributed by atoms with Crippen molar-refractivity contribution in [3.05, 3.63) is 95.9 Å². The van der Waals surface area contributed by atoms with Crippen LogP contribution in [0.4, 0.5) is 5.69 Å². The minimum Gasteiger partial charge on any atom is -0.358 e. The molecule has 0 fully saturated rings. The molecule has 0 aliphatic carbocycles. The van der Waals surface area contributed by atoms with E-state index in [9.17, 15) is 9.59 Å². The summed E-state index contributed by atoms with van der Waals surface area (Å²) >= 11 is 0. The third-order valence-electron chi connectivity index (χ3n) is 5.64. The zero-order chi connectivity index (χ0) is 22.5. The molecule has 6 heteroatoms. The zero-order valence-corrected chi connectivity index (χ0v) is 18.2. The number of H-pyrrole nitrogens is 1. The highest BCUT2D eigenvalue weighted by molar-refractivity contribution is 5.99. The van der Waals surface area contributed by atoms with Crippen molar-refractivity contribution in [1.29, 1.82) is 0 Å². The first-order chi connectivity index (χ1) is 15.5. The van der Waals surface area contributed by atoms with Gasteiger partial charge in [0.15, 0.2) is 0 Å². The summed E-state index contributed by atoms with van der Waals surface area (Å²) in [5.41, 5.74) is 4.57. The van der Waals surface area contributed by atoms with Gasteiger partial charge in [0, 0.05) is 36.3 Å². The summed E-state index contributed by atoms with van der Waals surface area (Å²) in [6.45, 7) is 1.96. The summed E-state index contributed by atoms with van der Waals surface area (Å²) < 4.78 is 0. The first kappa shape index (κ1) is 21.3. The van der Waals surface area contributed by atoms with Crippen LogP contribution >= 0.6 is 0 Å². The van der Waals surface area contributed by atoms with E-state index in [2.05, 4.69) is 15.3 Å². The fourth-order valence-electron chi connectivity index (χ4n) is 3.93. The first-order valence-electron chi connectivity index (χ1n) is 10.6. The van der Waals surface area contributed by atoms with Crippen molar-refractivity contribution in [3.63, 3.8) is 0 Å². The van der Waals surface area contributed by atoms with Gasteiger partial charge in [0.05, 0.1) is 18.3 Å². The largest absolute Gasteiger partial charge is 0.358 e. The van der Waals surface area contributed by atoms with Gasteiger partial charge in [-0.15, -0.1) is 0 Å². The Morgan fingerprint density at radius 2 is 1.78 bits per heavy atom. The second-order valence-electron chi connectivity index (χ2n) is 7.87. The first-order valence-corrected chi connectivity index (χ1v) is 10.6. The van der Waals surface area contributed by atoms with Gasteiger partial charge in [0.1, 0.15) is 6.04 Å². The number of para-hydroxylation sites is 1. The Labute approximate surface area is 187 Å². The molecule has 0 aliphatic rings. The second kappa shape index (κ2) is 9.47. The average molecular weight is 427 g/mol. The lowest BCUT2D eigenvalue weighted by Crippen LogP contribution is -2.49. The summed E-state index contributed by atoms with van der Waals surface area (Å²) in [5.74, 6) is -0.377. The van der Waals surface area contributed by atoms with E-state index in [1.165, 1.54) is 4.90 Å². The molecule has 4 aromatic rings. The maximum Gasteiger partial charge on any atom is 0.249 e. The molecule has 4 rings (SSSR count). The maximum absolute atomic E-state index is 13.3. The molecule has 6 nitrogen and oxygen atoms in total. The number of benzene rings is 2.